The van der Waals surface area contributed by atoms with E-state index in [1.165, 1.54) is 0 Å². The molecular weight excluding hydrogens is 307 g/mol. The maximum absolute atomic E-state index is 11.2. The van der Waals surface area contributed by atoms with Gasteiger partial charge in [0.05, 0.1) is 0 Å². The predicted octanol–water partition coefficient (Wildman–Crippen LogP) is 4.79. The second-order valence-corrected chi connectivity index (χ2v) is 5.66. The number of carbonyl (C=O) groups is 2. The first-order chi connectivity index (χ1) is 9.97. The first-order valence-corrected chi connectivity index (χ1v) is 7.31. The van der Waals surface area contributed by atoms with Crippen LogP contribution in [-0.4, -0.2) is 10.5 Å². The van der Waals surface area contributed by atoms with Gasteiger partial charge in [-0.05, 0) is 64.9 Å². The molecule has 0 saturated heterocycles. The van der Waals surface area contributed by atoms with Crippen LogP contribution >= 0.6 is 23.2 Å². The van der Waals surface area contributed by atoms with Gasteiger partial charge in [0.2, 0.25) is 0 Å². The van der Waals surface area contributed by atoms with Gasteiger partial charge < -0.3 is 0 Å². The summed E-state index contributed by atoms with van der Waals surface area (Å²) in [6, 6.07) is 14.5. The fraction of sp³-hybridized carbons (Fsp3) is 0.176. The maximum Gasteiger partial charge on any atom is 0.252 e. The van der Waals surface area contributed by atoms with Gasteiger partial charge >= 0.3 is 0 Å². The molecule has 0 aliphatic carbocycles. The second kappa shape index (κ2) is 6.88. The van der Waals surface area contributed by atoms with Crippen molar-refractivity contribution in [1.29, 1.82) is 0 Å². The van der Waals surface area contributed by atoms with Gasteiger partial charge in [-0.15, -0.1) is 0 Å². The minimum Gasteiger partial charge on any atom is -0.276 e. The largest absolute Gasteiger partial charge is 0.276 e. The molecule has 0 amide bonds. The zero-order valence-electron chi connectivity index (χ0n) is 11.5. The Bertz CT molecular complexity index is 663. The van der Waals surface area contributed by atoms with E-state index in [0.717, 1.165) is 17.5 Å². The lowest BCUT2D eigenvalue weighted by atomic mass is 9.92. The zero-order valence-corrected chi connectivity index (χ0v) is 13.0. The summed E-state index contributed by atoms with van der Waals surface area (Å²) in [6.45, 7) is 2.08. The number of rotatable bonds is 5. The van der Waals surface area contributed by atoms with E-state index >= 15 is 0 Å². The molecule has 0 radical (unpaired) electrons. The highest BCUT2D eigenvalue weighted by molar-refractivity contribution is 6.68. The minimum atomic E-state index is -0.456. The highest BCUT2D eigenvalue weighted by atomic mass is 35.5. The Hall–Kier alpha value is -1.64. The summed E-state index contributed by atoms with van der Waals surface area (Å²) >= 11 is 10.9. The Kier molecular flexibility index (Phi) is 5.16. The average molecular weight is 321 g/mol. The smallest absolute Gasteiger partial charge is 0.252 e. The standard InChI is InChI=1S/C17H14Cl2O2/c1-11(14-3-2-4-15(10-14)17(19)21)9-12-5-7-13(8-6-12)16(18)20/h2-8,10-11H,9H2,1H3. The molecule has 2 aromatic rings. The van der Waals surface area contributed by atoms with E-state index in [4.69, 9.17) is 23.2 Å². The van der Waals surface area contributed by atoms with Crippen LogP contribution in [0.25, 0.3) is 0 Å². The van der Waals surface area contributed by atoms with Crippen LogP contribution in [0.3, 0.4) is 0 Å². The molecule has 1 unspecified atom stereocenters. The van der Waals surface area contributed by atoms with Crippen molar-refractivity contribution < 1.29 is 9.59 Å². The fourth-order valence-corrected chi connectivity index (χ4v) is 2.45. The quantitative estimate of drug-likeness (QED) is 0.742. The van der Waals surface area contributed by atoms with Crippen LogP contribution < -0.4 is 0 Å². The molecule has 0 aromatic heterocycles. The van der Waals surface area contributed by atoms with Gasteiger partial charge in [-0.25, -0.2) is 0 Å². The number of carbonyl (C=O) groups excluding carboxylic acids is 2. The Morgan fingerprint density at radius 2 is 1.57 bits per heavy atom. The van der Waals surface area contributed by atoms with Crippen molar-refractivity contribution in [3.05, 3.63) is 70.8 Å². The Morgan fingerprint density at radius 1 is 0.952 bits per heavy atom. The highest BCUT2D eigenvalue weighted by Gasteiger charge is 2.10. The summed E-state index contributed by atoms with van der Waals surface area (Å²) in [7, 11) is 0. The van der Waals surface area contributed by atoms with Crippen LogP contribution in [-0.2, 0) is 6.42 Å². The van der Waals surface area contributed by atoms with E-state index < -0.39 is 10.5 Å². The summed E-state index contributed by atoms with van der Waals surface area (Å²) in [4.78, 5) is 22.2. The van der Waals surface area contributed by atoms with Crippen LogP contribution in [0.4, 0.5) is 0 Å². The third kappa shape index (κ3) is 4.16. The molecule has 1 atom stereocenters. The summed E-state index contributed by atoms with van der Waals surface area (Å²) in [5, 5.41) is -0.906. The summed E-state index contributed by atoms with van der Waals surface area (Å²) < 4.78 is 0. The summed E-state index contributed by atoms with van der Waals surface area (Å²) in [5.41, 5.74) is 3.15. The highest BCUT2D eigenvalue weighted by Crippen LogP contribution is 2.22. The molecule has 0 N–H and O–H groups in total. The molecule has 108 valence electrons. The van der Waals surface area contributed by atoms with E-state index in [0.29, 0.717) is 11.1 Å². The zero-order chi connectivity index (χ0) is 15.4. The van der Waals surface area contributed by atoms with Gasteiger partial charge in [-0.3, -0.25) is 9.59 Å². The normalized spacial score (nSPS) is 12.0. The van der Waals surface area contributed by atoms with Crippen LogP contribution in [0, 0.1) is 0 Å². The van der Waals surface area contributed by atoms with Crippen LogP contribution in [0.1, 0.15) is 44.7 Å². The molecule has 2 aromatic carbocycles. The van der Waals surface area contributed by atoms with Crippen molar-refractivity contribution in [3.8, 4) is 0 Å². The summed E-state index contributed by atoms with van der Waals surface area (Å²) in [5.74, 6) is 0.235. The second-order valence-electron chi connectivity index (χ2n) is 4.97. The lowest BCUT2D eigenvalue weighted by Gasteiger charge is -2.13. The van der Waals surface area contributed by atoms with Crippen LogP contribution in [0.2, 0.25) is 0 Å². The average Bonchev–Trinajstić information content (AvgIpc) is 2.48. The molecule has 0 spiro atoms. The number of hydrogen-bond acceptors (Lipinski definition) is 2. The summed E-state index contributed by atoms with van der Waals surface area (Å²) in [6.07, 6.45) is 0.802. The molecule has 21 heavy (non-hydrogen) atoms. The molecule has 0 saturated carbocycles. The third-order valence-electron chi connectivity index (χ3n) is 3.41. The van der Waals surface area contributed by atoms with Gasteiger partial charge in [-0.1, -0.05) is 37.3 Å². The van der Waals surface area contributed by atoms with Crippen molar-refractivity contribution in [2.75, 3.05) is 0 Å². The van der Waals surface area contributed by atoms with E-state index in [1.807, 2.05) is 30.3 Å². The molecule has 0 aliphatic rings. The number of hydrogen-bond donors (Lipinski definition) is 0. The topological polar surface area (TPSA) is 34.1 Å². The first-order valence-electron chi connectivity index (χ1n) is 6.56. The predicted molar refractivity (Wildman–Crippen MR) is 85.4 cm³/mol. The van der Waals surface area contributed by atoms with E-state index in [-0.39, 0.29) is 5.92 Å². The van der Waals surface area contributed by atoms with Gasteiger partial charge in [0.15, 0.2) is 0 Å². The van der Waals surface area contributed by atoms with E-state index in [1.54, 1.807) is 18.2 Å². The number of halogens is 2. The first kappa shape index (κ1) is 15.7. The van der Waals surface area contributed by atoms with Crippen LogP contribution in [0.15, 0.2) is 48.5 Å². The van der Waals surface area contributed by atoms with Gasteiger partial charge in [-0.2, -0.15) is 0 Å². The molecule has 0 bridgehead atoms. The monoisotopic (exact) mass is 320 g/mol. The molecule has 0 heterocycles. The van der Waals surface area contributed by atoms with Crippen molar-refractivity contribution in [2.45, 2.75) is 19.3 Å². The van der Waals surface area contributed by atoms with Crippen LogP contribution in [0.5, 0.6) is 0 Å². The van der Waals surface area contributed by atoms with Crippen molar-refractivity contribution in [2.24, 2.45) is 0 Å². The number of benzene rings is 2. The molecule has 2 rings (SSSR count). The Balaban J connectivity index is 2.13. The lowest BCUT2D eigenvalue weighted by Crippen LogP contribution is -2.01. The van der Waals surface area contributed by atoms with Gasteiger partial charge in [0, 0.05) is 11.1 Å². The van der Waals surface area contributed by atoms with E-state index in [9.17, 15) is 9.59 Å². The molecular formula is C17H14Cl2O2. The molecule has 0 fully saturated rings. The fourth-order valence-electron chi connectivity index (χ4n) is 2.21. The third-order valence-corrected chi connectivity index (χ3v) is 3.84. The van der Waals surface area contributed by atoms with E-state index in [2.05, 4.69) is 6.92 Å². The van der Waals surface area contributed by atoms with Gasteiger partial charge in [0.25, 0.3) is 10.5 Å². The Labute approximate surface area is 133 Å². The van der Waals surface area contributed by atoms with Crippen molar-refractivity contribution in [1.82, 2.24) is 0 Å². The molecule has 4 heteroatoms. The minimum absolute atomic E-state index is 0.235. The van der Waals surface area contributed by atoms with Crippen molar-refractivity contribution >= 4 is 33.7 Å². The SMILES string of the molecule is CC(Cc1ccc(C(=O)Cl)cc1)c1cccc(C(=O)Cl)c1. The van der Waals surface area contributed by atoms with Gasteiger partial charge in [0.1, 0.15) is 0 Å². The van der Waals surface area contributed by atoms with Crippen molar-refractivity contribution in [3.63, 3.8) is 0 Å². The molecule has 0 aliphatic heterocycles. The lowest BCUT2D eigenvalue weighted by molar-refractivity contribution is 0.107. The molecule has 2 nitrogen and oxygen atoms in total. The maximum atomic E-state index is 11.2. The Morgan fingerprint density at radius 3 is 2.14 bits per heavy atom.